The van der Waals surface area contributed by atoms with E-state index >= 15 is 0 Å². The van der Waals surface area contributed by atoms with Gasteiger partial charge in [0.1, 0.15) is 5.82 Å². The number of hydrogen-bond donors (Lipinski definition) is 2. The zero-order chi connectivity index (χ0) is 16.4. The second kappa shape index (κ2) is 6.04. The highest BCUT2D eigenvalue weighted by atomic mass is 19.1. The molecule has 0 spiro atoms. The molecule has 3 aromatic rings. The van der Waals surface area contributed by atoms with Gasteiger partial charge in [-0.1, -0.05) is 24.3 Å². The van der Waals surface area contributed by atoms with Crippen molar-refractivity contribution in [1.29, 1.82) is 0 Å². The molecule has 0 fully saturated rings. The van der Waals surface area contributed by atoms with Gasteiger partial charge >= 0.3 is 0 Å². The molecule has 0 aliphatic heterocycles. The smallest absolute Gasteiger partial charge is 0.228 e. The molecule has 1 amide bonds. The fraction of sp³-hybridized carbons (Fsp3) is 0.111. The average Bonchev–Trinajstić information content (AvgIpc) is 2.92. The van der Waals surface area contributed by atoms with Crippen molar-refractivity contribution in [3.05, 3.63) is 65.6 Å². The number of rotatable bonds is 4. The molecule has 2 N–H and O–H groups in total. The molecule has 0 radical (unpaired) electrons. The van der Waals surface area contributed by atoms with Gasteiger partial charge in [0.15, 0.2) is 5.78 Å². The molecule has 0 aliphatic rings. The van der Waals surface area contributed by atoms with Crippen LogP contribution in [0, 0.1) is 5.82 Å². The lowest BCUT2D eigenvalue weighted by molar-refractivity contribution is -0.115. The average molecular weight is 310 g/mol. The van der Waals surface area contributed by atoms with E-state index in [0.29, 0.717) is 22.2 Å². The number of ketones is 1. The van der Waals surface area contributed by atoms with Gasteiger partial charge in [0, 0.05) is 22.8 Å². The van der Waals surface area contributed by atoms with Gasteiger partial charge in [-0.05, 0) is 30.7 Å². The molecule has 0 saturated carbocycles. The minimum atomic E-state index is -0.344. The first-order valence-electron chi connectivity index (χ1n) is 7.20. The zero-order valence-electron chi connectivity index (χ0n) is 12.5. The second-order valence-electron chi connectivity index (χ2n) is 5.34. The normalized spacial score (nSPS) is 10.7. The van der Waals surface area contributed by atoms with E-state index in [1.165, 1.54) is 13.0 Å². The predicted octanol–water partition coefficient (Wildman–Crippen LogP) is 3.69. The maximum Gasteiger partial charge on any atom is 0.228 e. The third-order valence-electron chi connectivity index (χ3n) is 3.65. The summed E-state index contributed by atoms with van der Waals surface area (Å²) in [6, 6.07) is 11.5. The Morgan fingerprint density at radius 3 is 2.74 bits per heavy atom. The summed E-state index contributed by atoms with van der Waals surface area (Å²) in [5.74, 6) is -0.632. The van der Waals surface area contributed by atoms with Crippen molar-refractivity contribution >= 4 is 28.3 Å². The van der Waals surface area contributed by atoms with Gasteiger partial charge < -0.3 is 10.3 Å². The topological polar surface area (TPSA) is 62.0 Å². The van der Waals surface area contributed by atoms with Crippen LogP contribution in [0.1, 0.15) is 22.8 Å². The summed E-state index contributed by atoms with van der Waals surface area (Å²) in [5, 5.41) is 3.45. The van der Waals surface area contributed by atoms with Crippen molar-refractivity contribution in [1.82, 2.24) is 4.98 Å². The summed E-state index contributed by atoms with van der Waals surface area (Å²) in [6.07, 6.45) is 1.76. The Morgan fingerprint density at radius 1 is 1.17 bits per heavy atom. The van der Waals surface area contributed by atoms with Crippen LogP contribution in [0.15, 0.2) is 48.7 Å². The van der Waals surface area contributed by atoms with E-state index in [-0.39, 0.29) is 23.9 Å². The molecular weight excluding hydrogens is 295 g/mol. The van der Waals surface area contributed by atoms with Gasteiger partial charge in [0.05, 0.1) is 11.9 Å². The van der Waals surface area contributed by atoms with E-state index in [1.54, 1.807) is 42.6 Å². The molecule has 0 aliphatic carbocycles. The summed E-state index contributed by atoms with van der Waals surface area (Å²) < 4.78 is 13.6. The molecular formula is C18H15FN2O2. The van der Waals surface area contributed by atoms with E-state index in [0.717, 1.165) is 5.56 Å². The van der Waals surface area contributed by atoms with Crippen molar-refractivity contribution in [2.45, 2.75) is 13.3 Å². The number of Topliss-reactive ketones (excluding diaryl/α,β-unsaturated/α-hetero) is 1. The number of carbonyl (C=O) groups excluding carboxylic acids is 2. The van der Waals surface area contributed by atoms with Gasteiger partial charge in [0.25, 0.3) is 0 Å². The van der Waals surface area contributed by atoms with Crippen LogP contribution in [-0.2, 0) is 11.2 Å². The standard InChI is InChI=1S/C18H15FN2O2/c1-11(22)12-4-2-5-14(8-12)21-17(23)9-13-10-20-18-15(13)6-3-7-16(18)19/h2-8,10,20H,9H2,1H3,(H,21,23). The summed E-state index contributed by atoms with van der Waals surface area (Å²) in [5.41, 5.74) is 2.22. The number of carbonyl (C=O) groups is 2. The fourth-order valence-electron chi connectivity index (χ4n) is 2.52. The number of anilines is 1. The second-order valence-corrected chi connectivity index (χ2v) is 5.34. The maximum atomic E-state index is 13.6. The zero-order valence-corrected chi connectivity index (χ0v) is 12.5. The minimum absolute atomic E-state index is 0.0618. The van der Waals surface area contributed by atoms with Gasteiger partial charge in [0.2, 0.25) is 5.91 Å². The lowest BCUT2D eigenvalue weighted by Crippen LogP contribution is -2.14. The lowest BCUT2D eigenvalue weighted by Gasteiger charge is -2.06. The number of para-hydroxylation sites is 1. The van der Waals surface area contributed by atoms with E-state index < -0.39 is 0 Å². The van der Waals surface area contributed by atoms with Crippen LogP contribution in [0.25, 0.3) is 10.9 Å². The first-order chi connectivity index (χ1) is 11.0. The number of hydrogen-bond acceptors (Lipinski definition) is 2. The van der Waals surface area contributed by atoms with E-state index in [2.05, 4.69) is 10.3 Å². The highest BCUT2D eigenvalue weighted by Crippen LogP contribution is 2.21. The van der Waals surface area contributed by atoms with Crippen molar-refractivity contribution < 1.29 is 14.0 Å². The molecule has 1 aromatic heterocycles. The number of nitrogens with one attached hydrogen (secondary N) is 2. The summed E-state index contributed by atoms with van der Waals surface area (Å²) in [4.78, 5) is 26.4. The molecule has 0 bridgehead atoms. The van der Waals surface area contributed by atoms with Crippen molar-refractivity contribution in [2.75, 3.05) is 5.32 Å². The Hall–Kier alpha value is -2.95. The number of benzene rings is 2. The molecule has 1 heterocycles. The quantitative estimate of drug-likeness (QED) is 0.722. The van der Waals surface area contributed by atoms with Crippen LogP contribution in [-0.4, -0.2) is 16.7 Å². The first-order valence-corrected chi connectivity index (χ1v) is 7.20. The minimum Gasteiger partial charge on any atom is -0.359 e. The number of halogens is 1. The van der Waals surface area contributed by atoms with Crippen LogP contribution < -0.4 is 5.32 Å². The SMILES string of the molecule is CC(=O)c1cccc(NC(=O)Cc2c[nH]c3c(F)cccc23)c1. The van der Waals surface area contributed by atoms with E-state index in [1.807, 2.05) is 0 Å². The third-order valence-corrected chi connectivity index (χ3v) is 3.65. The van der Waals surface area contributed by atoms with E-state index in [4.69, 9.17) is 0 Å². The number of aromatic amines is 1. The van der Waals surface area contributed by atoms with Crippen LogP contribution >= 0.6 is 0 Å². The van der Waals surface area contributed by atoms with Crippen LogP contribution in [0.4, 0.5) is 10.1 Å². The Balaban J connectivity index is 1.78. The van der Waals surface area contributed by atoms with Crippen molar-refractivity contribution in [3.63, 3.8) is 0 Å². The Kier molecular flexibility index (Phi) is 3.93. The van der Waals surface area contributed by atoms with Crippen LogP contribution in [0.2, 0.25) is 0 Å². The van der Waals surface area contributed by atoms with Gasteiger partial charge in [-0.2, -0.15) is 0 Å². The molecule has 0 unspecified atom stereocenters. The van der Waals surface area contributed by atoms with Gasteiger partial charge in [-0.15, -0.1) is 0 Å². The maximum absolute atomic E-state index is 13.6. The molecule has 0 atom stereocenters. The summed E-state index contributed by atoms with van der Waals surface area (Å²) in [6.45, 7) is 1.47. The molecule has 4 nitrogen and oxygen atoms in total. The number of H-pyrrole nitrogens is 1. The summed E-state index contributed by atoms with van der Waals surface area (Å²) >= 11 is 0. The largest absolute Gasteiger partial charge is 0.359 e. The van der Waals surface area contributed by atoms with Crippen molar-refractivity contribution in [3.8, 4) is 0 Å². The molecule has 0 saturated heterocycles. The van der Waals surface area contributed by atoms with Gasteiger partial charge in [-0.3, -0.25) is 9.59 Å². The molecule has 23 heavy (non-hydrogen) atoms. The lowest BCUT2D eigenvalue weighted by atomic mass is 10.1. The number of aromatic nitrogens is 1. The van der Waals surface area contributed by atoms with Crippen LogP contribution in [0.3, 0.4) is 0 Å². The number of amides is 1. The van der Waals surface area contributed by atoms with Gasteiger partial charge in [-0.25, -0.2) is 4.39 Å². The molecule has 116 valence electrons. The van der Waals surface area contributed by atoms with Crippen LogP contribution in [0.5, 0.6) is 0 Å². The molecule has 2 aromatic carbocycles. The predicted molar refractivity (Wildman–Crippen MR) is 87.0 cm³/mol. The van der Waals surface area contributed by atoms with E-state index in [9.17, 15) is 14.0 Å². The highest BCUT2D eigenvalue weighted by Gasteiger charge is 2.11. The third kappa shape index (κ3) is 3.13. The molecule has 3 rings (SSSR count). The first kappa shape index (κ1) is 15.0. The van der Waals surface area contributed by atoms with Crippen molar-refractivity contribution in [2.24, 2.45) is 0 Å². The molecule has 5 heteroatoms. The Morgan fingerprint density at radius 2 is 1.96 bits per heavy atom. The number of fused-ring (bicyclic) bond motifs is 1. The fourth-order valence-corrected chi connectivity index (χ4v) is 2.52. The Labute approximate surface area is 132 Å². The monoisotopic (exact) mass is 310 g/mol. The Bertz CT molecular complexity index is 899. The highest BCUT2D eigenvalue weighted by molar-refractivity contribution is 5.98. The summed E-state index contributed by atoms with van der Waals surface area (Å²) in [7, 11) is 0.